The van der Waals surface area contributed by atoms with Crippen molar-refractivity contribution in [3.05, 3.63) is 34.3 Å². The Hall–Kier alpha value is -1.75. The van der Waals surface area contributed by atoms with Crippen molar-refractivity contribution in [3.8, 4) is 0 Å². The number of rotatable bonds is 2. The molecule has 1 aliphatic heterocycles. The van der Waals surface area contributed by atoms with Crippen LogP contribution in [0.2, 0.25) is 5.02 Å². The SMILES string of the molecule is Cc1cc(CNC(=O)N2CCNC(=O)C2C)ccc1Cl. The van der Waals surface area contributed by atoms with Crippen molar-refractivity contribution in [2.75, 3.05) is 13.1 Å². The molecule has 2 rings (SSSR count). The van der Waals surface area contributed by atoms with Crippen molar-refractivity contribution in [2.24, 2.45) is 0 Å². The predicted molar refractivity (Wildman–Crippen MR) is 77.6 cm³/mol. The maximum Gasteiger partial charge on any atom is 0.318 e. The Morgan fingerprint density at radius 2 is 2.30 bits per heavy atom. The lowest BCUT2D eigenvalue weighted by atomic mass is 10.1. The van der Waals surface area contributed by atoms with Crippen molar-refractivity contribution in [3.63, 3.8) is 0 Å². The van der Waals surface area contributed by atoms with E-state index in [1.807, 2.05) is 25.1 Å². The van der Waals surface area contributed by atoms with Crippen LogP contribution in [0.15, 0.2) is 18.2 Å². The third-order valence-corrected chi connectivity index (χ3v) is 3.85. The fraction of sp³-hybridized carbons (Fsp3) is 0.429. The van der Waals surface area contributed by atoms with Crippen LogP contribution in [0.1, 0.15) is 18.1 Å². The second kappa shape index (κ2) is 6.13. The van der Waals surface area contributed by atoms with Gasteiger partial charge in [0, 0.05) is 24.7 Å². The molecule has 1 saturated heterocycles. The minimum absolute atomic E-state index is 0.117. The van der Waals surface area contributed by atoms with Gasteiger partial charge in [-0.25, -0.2) is 4.79 Å². The van der Waals surface area contributed by atoms with Gasteiger partial charge in [-0.3, -0.25) is 4.79 Å². The zero-order chi connectivity index (χ0) is 14.7. The number of piperazine rings is 1. The Morgan fingerprint density at radius 3 is 3.00 bits per heavy atom. The van der Waals surface area contributed by atoms with Crippen LogP contribution < -0.4 is 10.6 Å². The molecule has 1 aliphatic rings. The van der Waals surface area contributed by atoms with Crippen LogP contribution in [-0.2, 0) is 11.3 Å². The van der Waals surface area contributed by atoms with Gasteiger partial charge in [0.15, 0.2) is 0 Å². The molecule has 0 spiro atoms. The van der Waals surface area contributed by atoms with Crippen LogP contribution in [0.4, 0.5) is 4.79 Å². The van der Waals surface area contributed by atoms with E-state index >= 15 is 0 Å². The van der Waals surface area contributed by atoms with Crippen molar-refractivity contribution in [2.45, 2.75) is 26.4 Å². The van der Waals surface area contributed by atoms with E-state index in [2.05, 4.69) is 10.6 Å². The van der Waals surface area contributed by atoms with Crippen molar-refractivity contribution in [1.82, 2.24) is 15.5 Å². The molecule has 0 radical (unpaired) electrons. The lowest BCUT2D eigenvalue weighted by Crippen LogP contribution is -2.58. The Labute approximate surface area is 123 Å². The number of nitrogens with one attached hydrogen (secondary N) is 2. The highest BCUT2D eigenvalue weighted by atomic mass is 35.5. The molecule has 6 heteroatoms. The van der Waals surface area contributed by atoms with E-state index in [-0.39, 0.29) is 11.9 Å². The van der Waals surface area contributed by atoms with Crippen LogP contribution in [0.3, 0.4) is 0 Å². The standard InChI is InChI=1S/C14H18ClN3O2/c1-9-7-11(3-4-12(9)15)8-17-14(20)18-6-5-16-13(19)10(18)2/h3-4,7,10H,5-6,8H2,1-2H3,(H,16,19)(H,17,20). The predicted octanol–water partition coefficient (Wildman–Crippen LogP) is 1.68. The summed E-state index contributed by atoms with van der Waals surface area (Å²) in [5.74, 6) is -0.117. The molecule has 108 valence electrons. The van der Waals surface area contributed by atoms with E-state index in [9.17, 15) is 9.59 Å². The quantitative estimate of drug-likeness (QED) is 0.872. The van der Waals surface area contributed by atoms with E-state index in [1.54, 1.807) is 11.8 Å². The third kappa shape index (κ3) is 3.22. The van der Waals surface area contributed by atoms with Gasteiger partial charge < -0.3 is 15.5 Å². The molecule has 0 bridgehead atoms. The monoisotopic (exact) mass is 295 g/mol. The van der Waals surface area contributed by atoms with Crippen LogP contribution in [0.5, 0.6) is 0 Å². The normalized spacial score (nSPS) is 18.6. The molecular weight excluding hydrogens is 278 g/mol. The van der Waals surface area contributed by atoms with Crippen LogP contribution >= 0.6 is 11.6 Å². The van der Waals surface area contributed by atoms with E-state index in [0.717, 1.165) is 11.1 Å². The number of halogens is 1. The van der Waals surface area contributed by atoms with Gasteiger partial charge in [0.25, 0.3) is 0 Å². The zero-order valence-corrected chi connectivity index (χ0v) is 12.3. The molecule has 5 nitrogen and oxygen atoms in total. The molecule has 20 heavy (non-hydrogen) atoms. The number of amides is 3. The number of aryl methyl sites for hydroxylation is 1. The number of nitrogens with zero attached hydrogens (tertiary/aromatic N) is 1. The fourth-order valence-corrected chi connectivity index (χ4v) is 2.27. The summed E-state index contributed by atoms with van der Waals surface area (Å²) >= 11 is 5.96. The van der Waals surface area contributed by atoms with E-state index in [0.29, 0.717) is 24.7 Å². The Morgan fingerprint density at radius 1 is 1.55 bits per heavy atom. The smallest absolute Gasteiger partial charge is 0.318 e. The molecule has 1 atom stereocenters. The molecule has 0 saturated carbocycles. The van der Waals surface area contributed by atoms with Gasteiger partial charge >= 0.3 is 6.03 Å². The minimum Gasteiger partial charge on any atom is -0.353 e. The van der Waals surface area contributed by atoms with Gasteiger partial charge in [-0.05, 0) is 31.0 Å². The number of hydrogen-bond donors (Lipinski definition) is 2. The summed E-state index contributed by atoms with van der Waals surface area (Å²) in [6, 6.07) is 4.97. The topological polar surface area (TPSA) is 61.4 Å². The largest absolute Gasteiger partial charge is 0.353 e. The first-order valence-electron chi connectivity index (χ1n) is 6.56. The van der Waals surface area contributed by atoms with Crippen LogP contribution in [0.25, 0.3) is 0 Å². The zero-order valence-electron chi connectivity index (χ0n) is 11.6. The van der Waals surface area contributed by atoms with Crippen LogP contribution in [0, 0.1) is 6.92 Å². The third-order valence-electron chi connectivity index (χ3n) is 3.43. The van der Waals surface area contributed by atoms with E-state index < -0.39 is 6.04 Å². The Kier molecular flexibility index (Phi) is 4.49. The average Bonchev–Trinajstić information content (AvgIpc) is 2.43. The maximum absolute atomic E-state index is 12.1. The molecule has 1 aromatic rings. The maximum atomic E-state index is 12.1. The van der Waals surface area contributed by atoms with Gasteiger partial charge in [-0.1, -0.05) is 23.7 Å². The highest BCUT2D eigenvalue weighted by Crippen LogP contribution is 2.16. The lowest BCUT2D eigenvalue weighted by Gasteiger charge is -2.32. The van der Waals surface area contributed by atoms with Crippen molar-refractivity contribution < 1.29 is 9.59 Å². The first-order valence-corrected chi connectivity index (χ1v) is 6.94. The van der Waals surface area contributed by atoms with Gasteiger partial charge in [0.2, 0.25) is 5.91 Å². The molecule has 1 heterocycles. The van der Waals surface area contributed by atoms with Gasteiger partial charge in [0.05, 0.1) is 0 Å². The van der Waals surface area contributed by atoms with Crippen molar-refractivity contribution >= 4 is 23.5 Å². The number of benzene rings is 1. The number of carbonyl (C=O) groups excluding carboxylic acids is 2. The second-order valence-electron chi connectivity index (χ2n) is 4.90. The molecule has 3 amide bonds. The number of carbonyl (C=O) groups is 2. The van der Waals surface area contributed by atoms with Gasteiger partial charge in [-0.2, -0.15) is 0 Å². The summed E-state index contributed by atoms with van der Waals surface area (Å²) in [4.78, 5) is 25.1. The van der Waals surface area contributed by atoms with Crippen LogP contribution in [-0.4, -0.2) is 36.0 Å². The summed E-state index contributed by atoms with van der Waals surface area (Å²) in [5, 5.41) is 6.27. The molecule has 0 aliphatic carbocycles. The van der Waals surface area contributed by atoms with E-state index in [4.69, 9.17) is 11.6 Å². The summed E-state index contributed by atoms with van der Waals surface area (Å²) in [6.45, 7) is 5.09. The highest BCUT2D eigenvalue weighted by Gasteiger charge is 2.28. The molecular formula is C14H18ClN3O2. The minimum atomic E-state index is -0.435. The number of urea groups is 1. The first-order chi connectivity index (χ1) is 9.49. The molecule has 1 fully saturated rings. The highest BCUT2D eigenvalue weighted by molar-refractivity contribution is 6.31. The van der Waals surface area contributed by atoms with Gasteiger partial charge in [0.1, 0.15) is 6.04 Å². The molecule has 1 unspecified atom stereocenters. The number of hydrogen-bond acceptors (Lipinski definition) is 2. The molecule has 0 aromatic heterocycles. The Bertz CT molecular complexity index is 533. The fourth-order valence-electron chi connectivity index (χ4n) is 2.16. The summed E-state index contributed by atoms with van der Waals surface area (Å²) < 4.78 is 0. The first kappa shape index (κ1) is 14.7. The second-order valence-corrected chi connectivity index (χ2v) is 5.31. The lowest BCUT2D eigenvalue weighted by molar-refractivity contribution is -0.126. The van der Waals surface area contributed by atoms with Gasteiger partial charge in [-0.15, -0.1) is 0 Å². The van der Waals surface area contributed by atoms with E-state index in [1.165, 1.54) is 0 Å². The Balaban J connectivity index is 1.94. The summed E-state index contributed by atoms with van der Waals surface area (Å²) in [6.07, 6.45) is 0. The molecule has 1 aromatic carbocycles. The average molecular weight is 296 g/mol. The molecule has 2 N–H and O–H groups in total. The van der Waals surface area contributed by atoms with Crippen molar-refractivity contribution in [1.29, 1.82) is 0 Å². The summed E-state index contributed by atoms with van der Waals surface area (Å²) in [5.41, 5.74) is 1.96. The summed E-state index contributed by atoms with van der Waals surface area (Å²) in [7, 11) is 0.